The van der Waals surface area contributed by atoms with Crippen LogP contribution in [0.2, 0.25) is 0 Å². The van der Waals surface area contributed by atoms with E-state index >= 15 is 0 Å². The molecule has 4 rings (SSSR count). The topological polar surface area (TPSA) is 122 Å². The highest BCUT2D eigenvalue weighted by molar-refractivity contribution is 6.02. The maximum absolute atomic E-state index is 13.1. The molecule has 0 aromatic heterocycles. The Balaban J connectivity index is 1.34. The number of rotatable bonds is 7. The molecule has 35 heavy (non-hydrogen) atoms. The molecule has 10 nitrogen and oxygen atoms in total. The third-order valence-electron chi connectivity index (χ3n) is 6.48. The monoisotopic (exact) mass is 480 g/mol. The van der Waals surface area contributed by atoms with Crippen molar-refractivity contribution < 1.29 is 24.0 Å². The first-order chi connectivity index (χ1) is 16.9. The van der Waals surface area contributed by atoms with Crippen LogP contribution in [0.15, 0.2) is 48.5 Å². The minimum Gasteiger partial charge on any atom is -0.482 e. The quantitative estimate of drug-likeness (QED) is 0.480. The molecule has 2 aromatic carbocycles. The van der Waals surface area contributed by atoms with Gasteiger partial charge in [-0.05, 0) is 30.9 Å². The molecule has 1 atom stereocenters. The Morgan fingerprint density at radius 1 is 1.17 bits per heavy atom. The van der Waals surface area contributed by atoms with Gasteiger partial charge in [0, 0.05) is 31.3 Å². The zero-order valence-corrected chi connectivity index (χ0v) is 19.5. The van der Waals surface area contributed by atoms with E-state index < -0.39 is 10.8 Å². The van der Waals surface area contributed by atoms with Gasteiger partial charge in [0.25, 0.3) is 11.6 Å². The van der Waals surface area contributed by atoms with Gasteiger partial charge < -0.3 is 15.0 Å². The van der Waals surface area contributed by atoms with Crippen LogP contribution in [0, 0.1) is 10.1 Å². The number of amides is 3. The van der Waals surface area contributed by atoms with Gasteiger partial charge in [0.2, 0.25) is 11.8 Å². The SMILES string of the molecule is CCC(C(=O)N1CCC(NC(=O)CN2C(=O)COc3ccc([N+](=O)[O-])cc32)CC1)c1ccccc1. The molecule has 2 heterocycles. The van der Waals surface area contributed by atoms with Crippen LogP contribution in [0.1, 0.15) is 37.7 Å². The highest BCUT2D eigenvalue weighted by Crippen LogP contribution is 2.35. The van der Waals surface area contributed by atoms with Gasteiger partial charge in [-0.2, -0.15) is 0 Å². The molecule has 1 N–H and O–H groups in total. The Bertz CT molecular complexity index is 1110. The van der Waals surface area contributed by atoms with Crippen molar-refractivity contribution in [1.82, 2.24) is 10.2 Å². The van der Waals surface area contributed by atoms with Crippen LogP contribution >= 0.6 is 0 Å². The number of likely N-dealkylation sites (tertiary alicyclic amines) is 1. The third kappa shape index (κ3) is 5.42. The second-order valence-corrected chi connectivity index (χ2v) is 8.72. The maximum atomic E-state index is 13.1. The predicted molar refractivity (Wildman–Crippen MR) is 128 cm³/mol. The van der Waals surface area contributed by atoms with Gasteiger partial charge >= 0.3 is 0 Å². The van der Waals surface area contributed by atoms with E-state index in [2.05, 4.69) is 5.32 Å². The number of nitrogens with zero attached hydrogens (tertiary/aromatic N) is 3. The van der Waals surface area contributed by atoms with Crippen molar-refractivity contribution in [3.8, 4) is 5.75 Å². The van der Waals surface area contributed by atoms with Crippen LogP contribution in [-0.4, -0.2) is 59.8 Å². The smallest absolute Gasteiger partial charge is 0.271 e. The number of nitrogens with one attached hydrogen (secondary N) is 1. The maximum Gasteiger partial charge on any atom is 0.271 e. The summed E-state index contributed by atoms with van der Waals surface area (Å²) < 4.78 is 5.34. The molecule has 2 aliphatic rings. The van der Waals surface area contributed by atoms with Gasteiger partial charge in [-0.3, -0.25) is 29.4 Å². The van der Waals surface area contributed by atoms with Gasteiger partial charge in [-0.15, -0.1) is 0 Å². The molecule has 2 aliphatic heterocycles. The molecular weight excluding hydrogens is 452 g/mol. The number of nitro groups is 1. The van der Waals surface area contributed by atoms with E-state index in [1.165, 1.54) is 23.1 Å². The van der Waals surface area contributed by atoms with Crippen molar-refractivity contribution in [3.63, 3.8) is 0 Å². The summed E-state index contributed by atoms with van der Waals surface area (Å²) in [6.45, 7) is 2.58. The minimum atomic E-state index is -0.562. The van der Waals surface area contributed by atoms with Gasteiger partial charge in [-0.1, -0.05) is 37.3 Å². The summed E-state index contributed by atoms with van der Waals surface area (Å²) in [6, 6.07) is 13.6. The van der Waals surface area contributed by atoms with Crippen LogP contribution in [0.5, 0.6) is 5.75 Å². The number of piperidine rings is 1. The Morgan fingerprint density at radius 3 is 2.54 bits per heavy atom. The first kappa shape index (κ1) is 24.2. The summed E-state index contributed by atoms with van der Waals surface area (Å²) in [7, 11) is 0. The summed E-state index contributed by atoms with van der Waals surface area (Å²) in [5.41, 5.74) is 1.02. The summed E-state index contributed by atoms with van der Waals surface area (Å²) in [4.78, 5) is 51.9. The number of hydrogen-bond acceptors (Lipinski definition) is 6. The van der Waals surface area contributed by atoms with Gasteiger partial charge in [0.15, 0.2) is 6.61 Å². The lowest BCUT2D eigenvalue weighted by molar-refractivity contribution is -0.384. The predicted octanol–water partition coefficient (Wildman–Crippen LogP) is 2.62. The molecule has 0 saturated carbocycles. The average molecular weight is 481 g/mol. The second kappa shape index (κ2) is 10.5. The Labute approximate surface area is 203 Å². The number of carbonyl (C=O) groups is 3. The van der Waals surface area contributed by atoms with Gasteiger partial charge in [-0.25, -0.2) is 0 Å². The standard InChI is InChI=1S/C25H28N4O6/c1-2-20(17-6-4-3-5-7-17)25(32)27-12-10-18(11-13-27)26-23(30)15-28-21-14-19(29(33)34)8-9-22(21)35-16-24(28)31/h3-9,14,18,20H,2,10-13,15-16H2,1H3,(H,26,30). The number of non-ortho nitro benzene ring substituents is 1. The molecule has 0 bridgehead atoms. The Kier molecular flexibility index (Phi) is 7.28. The molecule has 2 aromatic rings. The third-order valence-corrected chi connectivity index (χ3v) is 6.48. The number of benzene rings is 2. The zero-order chi connectivity index (χ0) is 24.9. The summed E-state index contributed by atoms with van der Waals surface area (Å²) >= 11 is 0. The molecule has 1 saturated heterocycles. The Morgan fingerprint density at radius 2 is 1.89 bits per heavy atom. The molecule has 10 heteroatoms. The van der Waals surface area contributed by atoms with E-state index in [0.717, 1.165) is 5.56 Å². The van der Waals surface area contributed by atoms with E-state index in [1.54, 1.807) is 0 Å². The number of fused-ring (bicyclic) bond motifs is 1. The average Bonchev–Trinajstić information content (AvgIpc) is 2.87. The van der Waals surface area contributed by atoms with Crippen molar-refractivity contribution in [2.75, 3.05) is 31.1 Å². The molecular formula is C25H28N4O6. The second-order valence-electron chi connectivity index (χ2n) is 8.72. The Hall–Kier alpha value is -3.95. The first-order valence-corrected chi connectivity index (χ1v) is 11.7. The van der Waals surface area contributed by atoms with Crippen molar-refractivity contribution in [1.29, 1.82) is 0 Å². The van der Waals surface area contributed by atoms with Crippen molar-refractivity contribution in [3.05, 3.63) is 64.2 Å². The van der Waals surface area contributed by atoms with Crippen LogP contribution in [0.3, 0.4) is 0 Å². The molecule has 3 amide bonds. The lowest BCUT2D eigenvalue weighted by atomic mass is 9.93. The fraction of sp³-hybridized carbons (Fsp3) is 0.400. The number of anilines is 1. The van der Waals surface area contributed by atoms with Crippen molar-refractivity contribution in [2.45, 2.75) is 38.1 Å². The lowest BCUT2D eigenvalue weighted by Crippen LogP contribution is -2.51. The fourth-order valence-corrected chi connectivity index (χ4v) is 4.60. The van der Waals surface area contributed by atoms with E-state index in [9.17, 15) is 24.5 Å². The molecule has 1 fully saturated rings. The molecule has 0 aliphatic carbocycles. The minimum absolute atomic E-state index is 0.0978. The summed E-state index contributed by atoms with van der Waals surface area (Å²) in [5, 5.41) is 14.1. The number of ether oxygens (including phenoxy) is 1. The summed E-state index contributed by atoms with van der Waals surface area (Å²) in [5.74, 6) is -0.573. The van der Waals surface area contributed by atoms with Gasteiger partial charge in [0.1, 0.15) is 12.3 Å². The van der Waals surface area contributed by atoms with Gasteiger partial charge in [0.05, 0.1) is 16.5 Å². The van der Waals surface area contributed by atoms with E-state index in [1.807, 2.05) is 42.2 Å². The molecule has 1 unspecified atom stereocenters. The van der Waals surface area contributed by atoms with Crippen molar-refractivity contribution in [2.24, 2.45) is 0 Å². The largest absolute Gasteiger partial charge is 0.482 e. The number of carbonyl (C=O) groups excluding carboxylic acids is 3. The van der Waals surface area contributed by atoms with Crippen LogP contribution in [0.25, 0.3) is 0 Å². The fourth-order valence-electron chi connectivity index (χ4n) is 4.60. The zero-order valence-electron chi connectivity index (χ0n) is 19.5. The van der Waals surface area contributed by atoms with Crippen LogP contribution in [0.4, 0.5) is 11.4 Å². The van der Waals surface area contributed by atoms with Crippen LogP contribution in [-0.2, 0) is 14.4 Å². The molecule has 0 spiro atoms. The van der Waals surface area contributed by atoms with Crippen LogP contribution < -0.4 is 15.0 Å². The highest BCUT2D eigenvalue weighted by Gasteiger charge is 2.32. The molecule has 0 radical (unpaired) electrons. The normalized spacial score (nSPS) is 16.8. The highest BCUT2D eigenvalue weighted by atomic mass is 16.6. The number of hydrogen-bond donors (Lipinski definition) is 1. The van der Waals surface area contributed by atoms with E-state index in [-0.39, 0.29) is 48.3 Å². The number of nitro benzene ring substituents is 1. The van der Waals surface area contributed by atoms with Crippen molar-refractivity contribution >= 4 is 29.1 Å². The van der Waals surface area contributed by atoms with E-state index in [0.29, 0.717) is 38.1 Å². The first-order valence-electron chi connectivity index (χ1n) is 11.7. The van der Waals surface area contributed by atoms with E-state index in [4.69, 9.17) is 4.74 Å². The lowest BCUT2D eigenvalue weighted by Gasteiger charge is -2.35. The summed E-state index contributed by atoms with van der Waals surface area (Å²) in [6.07, 6.45) is 1.94. The molecule has 184 valence electrons.